The van der Waals surface area contributed by atoms with Gasteiger partial charge < -0.3 is 10.2 Å². The number of benzene rings is 2. The highest BCUT2D eigenvalue weighted by molar-refractivity contribution is 14.1. The van der Waals surface area contributed by atoms with Crippen molar-refractivity contribution in [3.8, 4) is 0 Å². The molecule has 7 nitrogen and oxygen atoms in total. The van der Waals surface area contributed by atoms with Gasteiger partial charge in [-0.1, -0.05) is 12.1 Å². The molecule has 6 rings (SSSR count). The van der Waals surface area contributed by atoms with Gasteiger partial charge in [0, 0.05) is 22.1 Å². The third-order valence-corrected chi connectivity index (χ3v) is 9.62. The van der Waals surface area contributed by atoms with Crippen molar-refractivity contribution in [3.63, 3.8) is 0 Å². The molecule has 1 saturated heterocycles. The normalized spacial score (nSPS) is 31.1. The lowest BCUT2D eigenvalue weighted by atomic mass is 9.73. The Kier molecular flexibility index (Phi) is 5.11. The summed E-state index contributed by atoms with van der Waals surface area (Å²) in [5, 5.41) is 2.98. The summed E-state index contributed by atoms with van der Waals surface area (Å²) < 4.78 is 44.0. The van der Waals surface area contributed by atoms with Crippen LogP contribution in [0.5, 0.6) is 0 Å². The molecule has 2 aromatic carbocycles. The molecule has 1 N–H and O–H groups in total. The van der Waals surface area contributed by atoms with E-state index in [2.05, 4.69) is 9.71 Å². The molecule has 2 aromatic rings. The van der Waals surface area contributed by atoms with Crippen LogP contribution in [0.1, 0.15) is 24.8 Å². The average molecular weight is 593 g/mol. The van der Waals surface area contributed by atoms with Crippen LogP contribution in [-0.4, -0.2) is 36.9 Å². The van der Waals surface area contributed by atoms with Crippen molar-refractivity contribution in [1.82, 2.24) is 4.90 Å². The van der Waals surface area contributed by atoms with E-state index in [-0.39, 0.29) is 52.7 Å². The minimum absolute atomic E-state index is 0.0276. The fourth-order valence-corrected chi connectivity index (χ4v) is 8.12. The molecule has 2 bridgehead atoms. The number of anilines is 1. The Morgan fingerprint density at radius 2 is 1.82 bits per heavy atom. The Morgan fingerprint density at radius 3 is 2.59 bits per heavy atom. The van der Waals surface area contributed by atoms with Crippen molar-refractivity contribution in [2.75, 3.05) is 5.32 Å². The van der Waals surface area contributed by atoms with E-state index >= 15 is 0 Å². The number of nitrogens with zero attached hydrogens (tertiary/aromatic N) is 2. The minimum atomic E-state index is -4.07. The number of sulfonamides is 1. The second-order valence-corrected chi connectivity index (χ2v) is 12.3. The van der Waals surface area contributed by atoms with E-state index in [1.165, 1.54) is 18.2 Å². The van der Waals surface area contributed by atoms with E-state index in [1.807, 2.05) is 22.6 Å². The molecule has 2 heterocycles. The van der Waals surface area contributed by atoms with Crippen molar-refractivity contribution in [1.29, 1.82) is 0 Å². The van der Waals surface area contributed by atoms with E-state index in [0.717, 1.165) is 28.4 Å². The van der Waals surface area contributed by atoms with Gasteiger partial charge in [0.25, 0.3) is 10.0 Å². The lowest BCUT2D eigenvalue weighted by Gasteiger charge is -2.45. The Balaban J connectivity index is 1.41. The van der Waals surface area contributed by atoms with Gasteiger partial charge in [-0.25, -0.2) is 4.39 Å². The molecule has 5 atom stereocenters. The number of halogens is 2. The number of carbonyl (C=O) groups is 2. The number of hydrogen-bond donors (Lipinski definition) is 1. The van der Waals surface area contributed by atoms with Crippen LogP contribution >= 0.6 is 22.6 Å². The summed E-state index contributed by atoms with van der Waals surface area (Å²) in [5.41, 5.74) is 1.07. The maximum Gasteiger partial charge on any atom is 0.286 e. The van der Waals surface area contributed by atoms with Crippen molar-refractivity contribution < 1.29 is 22.4 Å². The number of likely N-dealkylation sites (tertiary alicyclic amines) is 1. The molecular formula is C24H21FIN3O4S. The summed E-state index contributed by atoms with van der Waals surface area (Å²) in [6.45, 7) is 0.238. The summed E-state index contributed by atoms with van der Waals surface area (Å²) >= 11 is 2.02. The van der Waals surface area contributed by atoms with Gasteiger partial charge in [0.05, 0.1) is 5.69 Å². The number of fused-ring (bicyclic) bond motifs is 6. The summed E-state index contributed by atoms with van der Waals surface area (Å²) in [6, 6.07) is 10.6. The number of carbonyl (C=O) groups excluding carboxylic acids is 2. The van der Waals surface area contributed by atoms with Gasteiger partial charge in [-0.15, -0.1) is 4.40 Å². The van der Waals surface area contributed by atoms with Crippen molar-refractivity contribution >= 4 is 55.8 Å². The number of Topliss-reactive ketones (excluding diaryl/α,β-unsaturated/α-hetero) is 1. The van der Waals surface area contributed by atoms with Gasteiger partial charge >= 0.3 is 0 Å². The van der Waals surface area contributed by atoms with Gasteiger partial charge in [0.1, 0.15) is 16.5 Å². The summed E-state index contributed by atoms with van der Waals surface area (Å²) in [5.74, 6) is -2.39. The van der Waals surface area contributed by atoms with E-state index in [0.29, 0.717) is 5.69 Å². The van der Waals surface area contributed by atoms with E-state index in [1.54, 1.807) is 29.2 Å². The Hall–Kier alpha value is -2.34. The molecule has 2 saturated carbocycles. The fraction of sp³-hybridized carbons (Fsp3) is 0.375. The SMILES string of the molecule is O=C1C(C2=NS(=O)(=O)c3cc(I)ccc3N2)C(=O)N(Cc2ccc(F)cc2)C2C1[C@H]1CC[C@@H]2C1. The molecule has 34 heavy (non-hydrogen) atoms. The molecule has 10 heteroatoms. The quantitative estimate of drug-likeness (QED) is 0.434. The largest absolute Gasteiger partial charge is 0.341 e. The first-order chi connectivity index (χ1) is 16.2. The first-order valence-electron chi connectivity index (χ1n) is 11.2. The third kappa shape index (κ3) is 3.40. The first-order valence-corrected chi connectivity index (χ1v) is 13.7. The number of ketones is 1. The molecule has 3 unspecified atom stereocenters. The molecule has 4 aliphatic rings. The van der Waals surface area contributed by atoms with Crippen molar-refractivity contribution in [2.24, 2.45) is 28.1 Å². The van der Waals surface area contributed by atoms with Gasteiger partial charge in [0.2, 0.25) is 5.91 Å². The second-order valence-electron chi connectivity index (χ2n) is 9.49. The molecule has 0 aromatic heterocycles. The van der Waals surface area contributed by atoms with Crippen LogP contribution in [0.4, 0.5) is 10.1 Å². The zero-order chi connectivity index (χ0) is 23.8. The standard InChI is InChI=1S/C24H21FIN3O4S/c25-15-5-1-12(2-6-15)11-29-21-14-4-3-13(9-14)19(21)22(30)20(24(29)31)23-27-17-8-7-16(26)10-18(17)34(32,33)28-23/h1-2,5-8,10,13-14,19-21H,3-4,9,11H2,(H,27,28)/t13-,14+,19?,20?,21?/m0/s1. The maximum atomic E-state index is 13.8. The highest BCUT2D eigenvalue weighted by Crippen LogP contribution is 2.54. The predicted molar refractivity (Wildman–Crippen MR) is 131 cm³/mol. The predicted octanol–water partition coefficient (Wildman–Crippen LogP) is 3.59. The van der Waals surface area contributed by atoms with Crippen LogP contribution in [0.15, 0.2) is 51.8 Å². The molecule has 0 spiro atoms. The van der Waals surface area contributed by atoms with Crippen molar-refractivity contribution in [3.05, 3.63) is 57.4 Å². The Labute approximate surface area is 210 Å². The van der Waals surface area contributed by atoms with Gasteiger partial charge in [-0.3, -0.25) is 9.59 Å². The smallest absolute Gasteiger partial charge is 0.286 e. The minimum Gasteiger partial charge on any atom is -0.341 e. The lowest BCUT2D eigenvalue weighted by Crippen LogP contribution is -2.61. The van der Waals surface area contributed by atoms with Crippen LogP contribution in [0.25, 0.3) is 0 Å². The van der Waals surface area contributed by atoms with E-state index in [9.17, 15) is 22.4 Å². The van der Waals surface area contributed by atoms with Gasteiger partial charge in [-0.05, 0) is 89.6 Å². The molecule has 0 radical (unpaired) electrons. The van der Waals surface area contributed by atoms with Crippen LogP contribution in [0.2, 0.25) is 0 Å². The fourth-order valence-electron chi connectivity index (χ4n) is 6.24. The van der Waals surface area contributed by atoms with Crippen LogP contribution < -0.4 is 5.32 Å². The van der Waals surface area contributed by atoms with Crippen LogP contribution in [0.3, 0.4) is 0 Å². The number of amidine groups is 1. The van der Waals surface area contributed by atoms with Crippen LogP contribution in [-0.2, 0) is 26.2 Å². The zero-order valence-corrected chi connectivity index (χ0v) is 20.9. The number of nitrogens with one attached hydrogen (secondary N) is 1. The number of hydrogen-bond acceptors (Lipinski definition) is 5. The maximum absolute atomic E-state index is 13.8. The van der Waals surface area contributed by atoms with Gasteiger partial charge in [-0.2, -0.15) is 8.42 Å². The third-order valence-electron chi connectivity index (χ3n) is 7.62. The first kappa shape index (κ1) is 22.1. The Morgan fingerprint density at radius 1 is 1.09 bits per heavy atom. The number of rotatable bonds is 3. The highest BCUT2D eigenvalue weighted by Gasteiger charge is 2.60. The average Bonchev–Trinajstić information content (AvgIpc) is 3.40. The van der Waals surface area contributed by atoms with E-state index < -0.39 is 21.8 Å². The molecule has 2 aliphatic carbocycles. The summed E-state index contributed by atoms with van der Waals surface area (Å²) in [4.78, 5) is 29.3. The molecule has 176 valence electrons. The number of amides is 1. The summed E-state index contributed by atoms with van der Waals surface area (Å²) in [7, 11) is -4.07. The highest BCUT2D eigenvalue weighted by atomic mass is 127. The Bertz CT molecular complexity index is 1360. The van der Waals surface area contributed by atoms with Gasteiger partial charge in [0.15, 0.2) is 11.7 Å². The van der Waals surface area contributed by atoms with Crippen molar-refractivity contribution in [2.45, 2.75) is 36.7 Å². The second kappa shape index (κ2) is 7.84. The summed E-state index contributed by atoms with van der Waals surface area (Å²) in [6.07, 6.45) is 2.79. The zero-order valence-electron chi connectivity index (χ0n) is 17.9. The number of piperidine rings is 1. The topological polar surface area (TPSA) is 95.9 Å². The molecular weight excluding hydrogens is 572 g/mol. The molecule has 1 amide bonds. The lowest BCUT2D eigenvalue weighted by molar-refractivity contribution is -0.153. The molecule has 2 aliphatic heterocycles. The molecule has 3 fully saturated rings. The monoisotopic (exact) mass is 593 g/mol. The van der Waals surface area contributed by atoms with E-state index in [4.69, 9.17) is 0 Å². The van der Waals surface area contributed by atoms with Crippen LogP contribution in [0, 0.1) is 33.1 Å².